The normalized spacial score (nSPS) is 11.3. The van der Waals surface area contributed by atoms with Crippen LogP contribution in [0.4, 0.5) is 5.82 Å². The van der Waals surface area contributed by atoms with Crippen molar-refractivity contribution in [3.8, 4) is 0 Å². The van der Waals surface area contributed by atoms with Crippen molar-refractivity contribution in [1.82, 2.24) is 20.4 Å². The Morgan fingerprint density at radius 3 is 2.52 bits per heavy atom. The number of hydrogen-bond acceptors (Lipinski definition) is 5. The van der Waals surface area contributed by atoms with Gasteiger partial charge in [-0.25, -0.2) is 4.79 Å². The van der Waals surface area contributed by atoms with Gasteiger partial charge in [0.05, 0.1) is 18.3 Å². The molecule has 2 aromatic rings. The van der Waals surface area contributed by atoms with Gasteiger partial charge in [-0.1, -0.05) is 0 Å². The van der Waals surface area contributed by atoms with Crippen LogP contribution in [0.5, 0.6) is 0 Å². The fraction of sp³-hybridized carbons (Fsp3) is 0.467. The molecule has 2 aromatic heterocycles. The number of nitrogens with zero attached hydrogens (tertiary/aromatic N) is 2. The minimum atomic E-state index is -0.624. The molecule has 2 heterocycles. The first-order valence-electron chi connectivity index (χ1n) is 7.24. The van der Waals surface area contributed by atoms with Gasteiger partial charge in [-0.3, -0.25) is 15.0 Å². The maximum atomic E-state index is 12.2. The van der Waals surface area contributed by atoms with E-state index in [0.717, 1.165) is 17.0 Å². The first kappa shape index (κ1) is 16.7. The summed E-state index contributed by atoms with van der Waals surface area (Å²) in [5.41, 5.74) is 2.01. The predicted octanol–water partition coefficient (Wildman–Crippen LogP) is 1.89. The van der Waals surface area contributed by atoms with Crippen molar-refractivity contribution in [3.05, 3.63) is 28.7 Å². The van der Waals surface area contributed by atoms with E-state index in [1.54, 1.807) is 20.8 Å². The molecule has 23 heavy (non-hydrogen) atoms. The fourth-order valence-corrected chi connectivity index (χ4v) is 2.05. The first-order valence-corrected chi connectivity index (χ1v) is 7.24. The molecular weight excluding hydrogens is 298 g/mol. The van der Waals surface area contributed by atoms with Gasteiger partial charge in [0.15, 0.2) is 0 Å². The predicted molar refractivity (Wildman–Crippen MR) is 84.2 cm³/mol. The van der Waals surface area contributed by atoms with E-state index in [-0.39, 0.29) is 23.7 Å². The highest BCUT2D eigenvalue weighted by molar-refractivity contribution is 6.00. The number of anilines is 1. The number of aryl methyl sites for hydroxylation is 2. The molecule has 0 aliphatic heterocycles. The summed E-state index contributed by atoms with van der Waals surface area (Å²) >= 11 is 0. The monoisotopic (exact) mass is 319 g/mol. The molecule has 0 saturated carbocycles. The number of rotatable bonds is 4. The quantitative estimate of drug-likeness (QED) is 0.745. The zero-order valence-corrected chi connectivity index (χ0v) is 13.9. The number of nitrogens with one attached hydrogen (secondary N) is 3. The third-order valence-corrected chi connectivity index (χ3v) is 3.14. The van der Waals surface area contributed by atoms with Gasteiger partial charge >= 0.3 is 5.97 Å². The lowest BCUT2D eigenvalue weighted by Crippen LogP contribution is -2.25. The van der Waals surface area contributed by atoms with Crippen molar-refractivity contribution in [1.29, 1.82) is 0 Å². The molecule has 0 fully saturated rings. The zero-order valence-electron chi connectivity index (χ0n) is 13.9. The van der Waals surface area contributed by atoms with E-state index in [2.05, 4.69) is 25.7 Å². The third-order valence-electron chi connectivity index (χ3n) is 3.14. The molecule has 1 amide bonds. The van der Waals surface area contributed by atoms with E-state index in [4.69, 9.17) is 4.74 Å². The number of H-pyrrole nitrogens is 2. The summed E-state index contributed by atoms with van der Waals surface area (Å²) in [4.78, 5) is 24.3. The highest BCUT2D eigenvalue weighted by Gasteiger charge is 2.23. The molecule has 0 unspecified atom stereocenters. The summed E-state index contributed by atoms with van der Waals surface area (Å²) in [5.74, 6) is -0.591. The van der Waals surface area contributed by atoms with Crippen LogP contribution in [-0.4, -0.2) is 37.9 Å². The number of aromatic amines is 2. The van der Waals surface area contributed by atoms with Crippen LogP contribution in [0.2, 0.25) is 0 Å². The Morgan fingerprint density at radius 1 is 1.26 bits per heavy atom. The number of carbonyl (C=O) groups is 2. The average molecular weight is 319 g/mol. The lowest BCUT2D eigenvalue weighted by Gasteiger charge is -2.19. The topological polar surface area (TPSA) is 113 Å². The van der Waals surface area contributed by atoms with Crippen molar-refractivity contribution < 1.29 is 14.3 Å². The maximum Gasteiger partial charge on any atom is 0.344 e. The van der Waals surface area contributed by atoms with Gasteiger partial charge in [0, 0.05) is 11.3 Å². The Balaban J connectivity index is 2.08. The van der Waals surface area contributed by atoms with Crippen LogP contribution in [0.15, 0.2) is 6.20 Å². The van der Waals surface area contributed by atoms with Crippen molar-refractivity contribution in [3.63, 3.8) is 0 Å². The van der Waals surface area contributed by atoms with E-state index in [9.17, 15) is 9.59 Å². The number of amides is 1. The van der Waals surface area contributed by atoms with Crippen LogP contribution in [0.1, 0.15) is 48.1 Å². The van der Waals surface area contributed by atoms with Gasteiger partial charge in [0.2, 0.25) is 5.91 Å². The van der Waals surface area contributed by atoms with Crippen LogP contribution in [0.25, 0.3) is 0 Å². The molecule has 0 spiro atoms. The van der Waals surface area contributed by atoms with Gasteiger partial charge < -0.3 is 10.1 Å². The Morgan fingerprint density at radius 2 is 1.96 bits per heavy atom. The summed E-state index contributed by atoms with van der Waals surface area (Å²) in [5, 5.41) is 15.9. The zero-order chi connectivity index (χ0) is 17.2. The molecule has 0 aliphatic rings. The average Bonchev–Trinajstić information content (AvgIpc) is 2.98. The van der Waals surface area contributed by atoms with Crippen LogP contribution in [0.3, 0.4) is 0 Å². The van der Waals surface area contributed by atoms with Crippen molar-refractivity contribution in [2.45, 2.75) is 46.6 Å². The maximum absolute atomic E-state index is 12.2. The molecular formula is C15H21N5O3. The number of hydrogen-bond donors (Lipinski definition) is 3. The van der Waals surface area contributed by atoms with Gasteiger partial charge in [0.25, 0.3) is 0 Å². The lowest BCUT2D eigenvalue weighted by molar-refractivity contribution is -0.115. The molecule has 124 valence electrons. The largest absolute Gasteiger partial charge is 0.456 e. The molecule has 8 heteroatoms. The van der Waals surface area contributed by atoms with Gasteiger partial charge in [-0.15, -0.1) is 0 Å². The van der Waals surface area contributed by atoms with E-state index >= 15 is 0 Å². The Hall–Kier alpha value is -2.64. The van der Waals surface area contributed by atoms with Gasteiger partial charge in [-0.2, -0.15) is 10.2 Å². The first-order chi connectivity index (χ1) is 10.7. The Bertz CT molecular complexity index is 704. The highest BCUT2D eigenvalue weighted by Crippen LogP contribution is 2.18. The minimum absolute atomic E-state index is 0.154. The van der Waals surface area contributed by atoms with Gasteiger partial charge in [-0.05, 0) is 34.6 Å². The second kappa shape index (κ2) is 6.23. The molecule has 0 aromatic carbocycles. The second-order valence-electron chi connectivity index (χ2n) is 6.30. The number of aromatic nitrogens is 4. The van der Waals surface area contributed by atoms with Crippen LogP contribution >= 0.6 is 0 Å². The SMILES string of the molecule is Cc1n[nH]c(C)c1CC(=O)Nc1[nH]ncc1C(=O)OC(C)(C)C. The standard InChI is InChI=1S/C15H21N5O3/c1-8-10(9(2)19-18-8)6-12(21)17-13-11(7-16-20-13)14(22)23-15(3,4)5/h7H,6H2,1-5H3,(H,18,19)(H2,16,17,20,21). The molecule has 0 aliphatic carbocycles. The molecule has 0 atom stereocenters. The summed E-state index contributed by atoms with van der Waals surface area (Å²) in [6.07, 6.45) is 1.49. The number of carbonyl (C=O) groups excluding carboxylic acids is 2. The van der Waals surface area contributed by atoms with E-state index in [1.165, 1.54) is 6.20 Å². The molecule has 0 saturated heterocycles. The molecule has 2 rings (SSSR count). The fourth-order valence-electron chi connectivity index (χ4n) is 2.05. The van der Waals surface area contributed by atoms with Crippen LogP contribution in [0, 0.1) is 13.8 Å². The number of ether oxygens (including phenoxy) is 1. The van der Waals surface area contributed by atoms with Crippen LogP contribution < -0.4 is 5.32 Å². The van der Waals surface area contributed by atoms with Crippen LogP contribution in [-0.2, 0) is 16.0 Å². The third kappa shape index (κ3) is 4.18. The van der Waals surface area contributed by atoms with Crippen molar-refractivity contribution in [2.75, 3.05) is 5.32 Å². The van der Waals surface area contributed by atoms with E-state index in [0.29, 0.717) is 0 Å². The van der Waals surface area contributed by atoms with E-state index < -0.39 is 11.6 Å². The minimum Gasteiger partial charge on any atom is -0.456 e. The number of esters is 1. The van der Waals surface area contributed by atoms with Crippen molar-refractivity contribution in [2.24, 2.45) is 0 Å². The van der Waals surface area contributed by atoms with E-state index in [1.807, 2.05) is 13.8 Å². The second-order valence-corrected chi connectivity index (χ2v) is 6.30. The molecule has 8 nitrogen and oxygen atoms in total. The molecule has 3 N–H and O–H groups in total. The smallest absolute Gasteiger partial charge is 0.344 e. The molecule has 0 radical (unpaired) electrons. The summed E-state index contributed by atoms with van der Waals surface area (Å²) in [7, 11) is 0. The lowest BCUT2D eigenvalue weighted by atomic mass is 10.1. The summed E-state index contributed by atoms with van der Waals surface area (Å²) in [6.45, 7) is 8.99. The summed E-state index contributed by atoms with van der Waals surface area (Å²) in [6, 6.07) is 0. The Labute approximate surface area is 134 Å². The molecule has 0 bridgehead atoms. The Kier molecular flexibility index (Phi) is 4.53. The van der Waals surface area contributed by atoms with Gasteiger partial charge in [0.1, 0.15) is 17.0 Å². The van der Waals surface area contributed by atoms with Crippen molar-refractivity contribution >= 4 is 17.7 Å². The highest BCUT2D eigenvalue weighted by atomic mass is 16.6. The summed E-state index contributed by atoms with van der Waals surface area (Å²) < 4.78 is 5.28.